The van der Waals surface area contributed by atoms with Crippen LogP contribution in [-0.2, 0) is 15.8 Å². The monoisotopic (exact) mass is 451 g/mol. The van der Waals surface area contributed by atoms with Crippen molar-refractivity contribution in [2.45, 2.75) is 45.2 Å². The summed E-state index contributed by atoms with van der Waals surface area (Å²) in [5, 5.41) is 0. The molecule has 3 saturated heterocycles. The van der Waals surface area contributed by atoms with Gasteiger partial charge >= 0.3 is 6.18 Å². The number of anilines is 1. The minimum Gasteiger partial charge on any atom is -0.342 e. The third-order valence-corrected chi connectivity index (χ3v) is 7.18. The molecule has 0 aromatic heterocycles. The maximum absolute atomic E-state index is 13.2. The highest BCUT2D eigenvalue weighted by Crippen LogP contribution is 2.34. The predicted molar refractivity (Wildman–Crippen MR) is 116 cm³/mol. The van der Waals surface area contributed by atoms with E-state index in [1.807, 2.05) is 4.90 Å². The molecule has 0 radical (unpaired) electrons. The van der Waals surface area contributed by atoms with Gasteiger partial charge in [0.25, 0.3) is 0 Å². The van der Waals surface area contributed by atoms with E-state index in [4.69, 9.17) is 0 Å². The molecular formula is C24H32F3N3O2. The Morgan fingerprint density at radius 3 is 2.56 bits per heavy atom. The summed E-state index contributed by atoms with van der Waals surface area (Å²) < 4.78 is 39.2. The largest absolute Gasteiger partial charge is 0.416 e. The third-order valence-electron chi connectivity index (χ3n) is 7.18. The van der Waals surface area contributed by atoms with Gasteiger partial charge in [-0.25, -0.2) is 0 Å². The number of halogens is 3. The number of carbonyl (C=O) groups excluding carboxylic acids is 2. The second-order valence-corrected chi connectivity index (χ2v) is 9.73. The van der Waals surface area contributed by atoms with Crippen molar-refractivity contribution < 1.29 is 22.8 Å². The summed E-state index contributed by atoms with van der Waals surface area (Å²) in [5.74, 6) is 0.406. The number of amides is 2. The zero-order valence-electron chi connectivity index (χ0n) is 18.6. The third kappa shape index (κ3) is 5.27. The van der Waals surface area contributed by atoms with Crippen molar-refractivity contribution in [3.8, 4) is 0 Å². The van der Waals surface area contributed by atoms with Crippen LogP contribution in [0, 0.1) is 17.8 Å². The first-order valence-corrected chi connectivity index (χ1v) is 11.7. The van der Waals surface area contributed by atoms with E-state index < -0.39 is 17.7 Å². The maximum atomic E-state index is 13.2. The summed E-state index contributed by atoms with van der Waals surface area (Å²) >= 11 is 0. The van der Waals surface area contributed by atoms with E-state index in [-0.39, 0.29) is 30.5 Å². The Kier molecular flexibility index (Phi) is 6.79. The Bertz CT molecular complexity index is 836. The molecule has 3 heterocycles. The number of benzene rings is 1. The van der Waals surface area contributed by atoms with E-state index in [0.29, 0.717) is 19.0 Å². The fraction of sp³-hybridized carbons (Fsp3) is 0.667. The van der Waals surface area contributed by atoms with Gasteiger partial charge in [0.05, 0.1) is 11.5 Å². The van der Waals surface area contributed by atoms with Crippen molar-refractivity contribution in [1.82, 2.24) is 9.80 Å². The number of nitrogens with zero attached hydrogens (tertiary/aromatic N) is 3. The molecule has 2 unspecified atom stereocenters. The highest BCUT2D eigenvalue weighted by atomic mass is 19.4. The zero-order chi connectivity index (χ0) is 22.9. The number of hydrogen-bond donors (Lipinski definition) is 0. The molecule has 1 aromatic carbocycles. The molecule has 3 fully saturated rings. The van der Waals surface area contributed by atoms with Gasteiger partial charge in [0, 0.05) is 38.3 Å². The lowest BCUT2D eigenvalue weighted by Gasteiger charge is -2.38. The standard InChI is InChI=1S/C24H32F3N3O2/c1-17-7-10-28(11-8-17)14-18-4-3-9-29(15-18)23(32)19-12-22(31)30(16-19)21-6-2-5-20(13-21)24(25,26)27/h2,5-6,13,17-19H,3-4,7-12,14-16H2,1H3. The van der Waals surface area contributed by atoms with E-state index in [2.05, 4.69) is 11.8 Å². The lowest BCUT2D eigenvalue weighted by molar-refractivity contribution is -0.138. The molecule has 0 saturated carbocycles. The number of alkyl halides is 3. The molecule has 0 spiro atoms. The number of rotatable bonds is 4. The van der Waals surface area contributed by atoms with Crippen LogP contribution in [0.4, 0.5) is 18.9 Å². The number of carbonyl (C=O) groups is 2. The molecule has 0 bridgehead atoms. The molecule has 1 aromatic rings. The molecule has 0 aliphatic carbocycles. The van der Waals surface area contributed by atoms with Gasteiger partial charge < -0.3 is 14.7 Å². The molecule has 176 valence electrons. The highest BCUT2D eigenvalue weighted by Gasteiger charge is 2.39. The number of likely N-dealkylation sites (tertiary alicyclic amines) is 2. The SMILES string of the molecule is CC1CCN(CC2CCCN(C(=O)C3CC(=O)N(c4cccc(C(F)(F)F)c4)C3)C2)CC1. The first-order valence-electron chi connectivity index (χ1n) is 11.7. The summed E-state index contributed by atoms with van der Waals surface area (Å²) in [7, 11) is 0. The number of piperidine rings is 2. The van der Waals surface area contributed by atoms with E-state index in [9.17, 15) is 22.8 Å². The summed E-state index contributed by atoms with van der Waals surface area (Å²) in [6, 6.07) is 4.78. The van der Waals surface area contributed by atoms with Gasteiger partial charge in [0.15, 0.2) is 0 Å². The van der Waals surface area contributed by atoms with Crippen LogP contribution in [0.2, 0.25) is 0 Å². The first-order chi connectivity index (χ1) is 15.2. The average molecular weight is 452 g/mol. The topological polar surface area (TPSA) is 43.9 Å². The second kappa shape index (κ2) is 9.41. The van der Waals surface area contributed by atoms with Gasteiger partial charge in [-0.15, -0.1) is 0 Å². The Hall–Kier alpha value is -2.09. The molecule has 4 rings (SSSR count). The maximum Gasteiger partial charge on any atom is 0.416 e. The lowest BCUT2D eigenvalue weighted by Crippen LogP contribution is -2.47. The Labute approximate surface area is 187 Å². The molecule has 2 amide bonds. The van der Waals surface area contributed by atoms with E-state index in [1.54, 1.807) is 0 Å². The zero-order valence-corrected chi connectivity index (χ0v) is 18.6. The normalized spacial score (nSPS) is 26.1. The number of hydrogen-bond acceptors (Lipinski definition) is 3. The molecule has 3 aliphatic rings. The van der Waals surface area contributed by atoms with Crippen molar-refractivity contribution in [3.63, 3.8) is 0 Å². The summed E-state index contributed by atoms with van der Waals surface area (Å²) in [5.41, 5.74) is -0.584. The molecule has 32 heavy (non-hydrogen) atoms. The van der Waals surface area contributed by atoms with Crippen molar-refractivity contribution >= 4 is 17.5 Å². The van der Waals surface area contributed by atoms with Crippen LogP contribution in [0.5, 0.6) is 0 Å². The van der Waals surface area contributed by atoms with E-state index in [0.717, 1.165) is 50.5 Å². The molecule has 8 heteroatoms. The van der Waals surface area contributed by atoms with Crippen LogP contribution >= 0.6 is 0 Å². The van der Waals surface area contributed by atoms with Crippen LogP contribution in [-0.4, -0.2) is 60.9 Å². The van der Waals surface area contributed by atoms with Gasteiger partial charge in [-0.2, -0.15) is 13.2 Å². The summed E-state index contributed by atoms with van der Waals surface area (Å²) in [4.78, 5) is 31.5. The van der Waals surface area contributed by atoms with Gasteiger partial charge in [-0.1, -0.05) is 13.0 Å². The van der Waals surface area contributed by atoms with Crippen molar-refractivity contribution in [3.05, 3.63) is 29.8 Å². The summed E-state index contributed by atoms with van der Waals surface area (Å²) in [6.07, 6.45) is 0.105. The molecule has 3 aliphatic heterocycles. The molecule has 0 N–H and O–H groups in total. The second-order valence-electron chi connectivity index (χ2n) is 9.73. The first kappa shape index (κ1) is 23.1. The molecular weight excluding hydrogens is 419 g/mol. The Morgan fingerprint density at radius 1 is 1.09 bits per heavy atom. The Balaban J connectivity index is 1.36. The van der Waals surface area contributed by atoms with E-state index in [1.165, 1.54) is 29.9 Å². The molecule has 5 nitrogen and oxygen atoms in total. The van der Waals surface area contributed by atoms with Crippen LogP contribution in [0.15, 0.2) is 24.3 Å². The van der Waals surface area contributed by atoms with Crippen LogP contribution < -0.4 is 4.90 Å². The van der Waals surface area contributed by atoms with Crippen LogP contribution in [0.3, 0.4) is 0 Å². The fourth-order valence-electron chi connectivity index (χ4n) is 5.25. The minimum absolute atomic E-state index is 0.0372. The van der Waals surface area contributed by atoms with Crippen molar-refractivity contribution in [2.24, 2.45) is 17.8 Å². The highest BCUT2D eigenvalue weighted by molar-refractivity contribution is 6.00. The average Bonchev–Trinajstić information content (AvgIpc) is 3.16. The Morgan fingerprint density at radius 2 is 1.84 bits per heavy atom. The fourth-order valence-corrected chi connectivity index (χ4v) is 5.25. The van der Waals surface area contributed by atoms with Crippen LogP contribution in [0.25, 0.3) is 0 Å². The lowest BCUT2D eigenvalue weighted by atomic mass is 9.93. The van der Waals surface area contributed by atoms with Gasteiger partial charge in [0.2, 0.25) is 11.8 Å². The molecule has 2 atom stereocenters. The van der Waals surface area contributed by atoms with Gasteiger partial charge in [-0.3, -0.25) is 9.59 Å². The van der Waals surface area contributed by atoms with Gasteiger partial charge in [0.1, 0.15) is 0 Å². The van der Waals surface area contributed by atoms with Crippen LogP contribution in [0.1, 0.15) is 44.6 Å². The van der Waals surface area contributed by atoms with Crippen molar-refractivity contribution in [1.29, 1.82) is 0 Å². The quantitative estimate of drug-likeness (QED) is 0.694. The van der Waals surface area contributed by atoms with Gasteiger partial charge in [-0.05, 0) is 68.8 Å². The van der Waals surface area contributed by atoms with Crippen molar-refractivity contribution in [2.75, 3.05) is 44.2 Å². The predicted octanol–water partition coefficient (Wildman–Crippen LogP) is 4.03. The summed E-state index contributed by atoms with van der Waals surface area (Å²) in [6.45, 7) is 7.09. The minimum atomic E-state index is -4.47. The van der Waals surface area contributed by atoms with E-state index >= 15 is 0 Å². The smallest absolute Gasteiger partial charge is 0.342 e.